The second-order valence-electron chi connectivity index (χ2n) is 5.84. The first-order valence-electron chi connectivity index (χ1n) is 7.99. The summed E-state index contributed by atoms with van der Waals surface area (Å²) in [6.45, 7) is 1.78. The van der Waals surface area contributed by atoms with Crippen LogP contribution in [0.25, 0.3) is 0 Å². The molecule has 0 saturated carbocycles. The van der Waals surface area contributed by atoms with E-state index >= 15 is 0 Å². The van der Waals surface area contributed by atoms with Crippen molar-refractivity contribution in [3.8, 4) is 0 Å². The van der Waals surface area contributed by atoms with Crippen LogP contribution in [0.2, 0.25) is 0 Å². The molecule has 3 rings (SSSR count). The van der Waals surface area contributed by atoms with Crippen LogP contribution >= 0.6 is 23.7 Å². The Hall–Kier alpha value is -1.46. The number of rotatable bonds is 6. The van der Waals surface area contributed by atoms with Gasteiger partial charge in [-0.25, -0.2) is 13.1 Å². The summed E-state index contributed by atoms with van der Waals surface area (Å²) in [6, 6.07) is 5.08. The fourth-order valence-corrected chi connectivity index (χ4v) is 5.09. The smallest absolute Gasteiger partial charge is 0.249 e. The van der Waals surface area contributed by atoms with Gasteiger partial charge in [-0.05, 0) is 51.2 Å². The highest BCUT2D eigenvalue weighted by Crippen LogP contribution is 2.28. The summed E-state index contributed by atoms with van der Waals surface area (Å²) in [5, 5.41) is 10.5. The van der Waals surface area contributed by atoms with Crippen molar-refractivity contribution >= 4 is 39.7 Å². The number of halogens is 1. The second-order valence-corrected chi connectivity index (χ2v) is 9.12. The van der Waals surface area contributed by atoms with Gasteiger partial charge < -0.3 is 10.6 Å². The highest BCUT2D eigenvalue weighted by molar-refractivity contribution is 7.91. The largest absolute Gasteiger partial charge is 0.349 e. The number of piperidine rings is 1. The van der Waals surface area contributed by atoms with E-state index in [0.717, 1.165) is 29.3 Å². The summed E-state index contributed by atoms with van der Waals surface area (Å²) in [5.74, 6) is -0.0934. The van der Waals surface area contributed by atoms with Gasteiger partial charge in [-0.2, -0.15) is 5.10 Å². The first-order valence-corrected chi connectivity index (χ1v) is 10.3. The van der Waals surface area contributed by atoms with E-state index in [0.29, 0.717) is 19.4 Å². The molecule has 1 amide bonds. The lowest BCUT2D eigenvalue weighted by molar-refractivity contribution is -0.132. The van der Waals surface area contributed by atoms with Crippen molar-refractivity contribution in [2.24, 2.45) is 0 Å². The first-order chi connectivity index (χ1) is 12.0. The molecule has 3 heterocycles. The van der Waals surface area contributed by atoms with Gasteiger partial charge in [0.25, 0.3) is 0 Å². The van der Waals surface area contributed by atoms with Gasteiger partial charge in [0, 0.05) is 17.3 Å². The molecule has 3 N–H and O–H groups in total. The molecule has 2 aromatic heterocycles. The van der Waals surface area contributed by atoms with Crippen LogP contribution in [0, 0.1) is 0 Å². The lowest BCUT2D eigenvalue weighted by Crippen LogP contribution is -2.54. The average molecular weight is 420 g/mol. The minimum absolute atomic E-state index is 0. The molecule has 8 nitrogen and oxygen atoms in total. The van der Waals surface area contributed by atoms with E-state index in [9.17, 15) is 13.2 Å². The SMILES string of the molecule is CNS(=O)(=O)c1ccc(CNC(=O)C2(n3cccn3)CCNCC2)s1.Cl. The number of carbonyl (C=O) groups excluding carboxylic acids is 1. The molecular weight excluding hydrogens is 398 g/mol. The van der Waals surface area contributed by atoms with Crippen LogP contribution in [0.15, 0.2) is 34.8 Å². The van der Waals surface area contributed by atoms with E-state index in [-0.39, 0.29) is 22.5 Å². The maximum absolute atomic E-state index is 12.9. The Bertz CT molecular complexity index is 829. The number of thiophene rings is 1. The molecule has 2 aromatic rings. The normalized spacial score (nSPS) is 16.7. The maximum atomic E-state index is 12.9. The fourth-order valence-electron chi connectivity index (χ4n) is 2.95. The lowest BCUT2D eigenvalue weighted by atomic mass is 9.87. The van der Waals surface area contributed by atoms with Gasteiger partial charge in [-0.15, -0.1) is 23.7 Å². The number of nitrogens with one attached hydrogen (secondary N) is 3. The zero-order valence-electron chi connectivity index (χ0n) is 14.3. The van der Waals surface area contributed by atoms with E-state index in [2.05, 4.69) is 20.5 Å². The number of sulfonamides is 1. The number of nitrogens with zero attached hydrogens (tertiary/aromatic N) is 2. The molecule has 0 radical (unpaired) electrons. The zero-order chi connectivity index (χ0) is 17.9. The number of aromatic nitrogens is 2. The Morgan fingerprint density at radius 2 is 2.12 bits per heavy atom. The van der Waals surface area contributed by atoms with Crippen LogP contribution < -0.4 is 15.4 Å². The van der Waals surface area contributed by atoms with Crippen molar-refractivity contribution in [1.29, 1.82) is 0 Å². The van der Waals surface area contributed by atoms with Gasteiger partial charge in [-0.1, -0.05) is 0 Å². The van der Waals surface area contributed by atoms with Gasteiger partial charge >= 0.3 is 0 Å². The molecule has 0 aromatic carbocycles. The first kappa shape index (κ1) is 20.8. The third-order valence-corrected chi connectivity index (χ3v) is 7.38. The molecule has 1 saturated heterocycles. The van der Waals surface area contributed by atoms with E-state index in [1.54, 1.807) is 23.0 Å². The van der Waals surface area contributed by atoms with Gasteiger partial charge in [0.2, 0.25) is 15.9 Å². The number of amides is 1. The fraction of sp³-hybridized carbons (Fsp3) is 0.467. The topological polar surface area (TPSA) is 105 Å². The van der Waals surface area contributed by atoms with Crippen molar-refractivity contribution in [3.63, 3.8) is 0 Å². The number of carbonyl (C=O) groups is 1. The quantitative estimate of drug-likeness (QED) is 0.638. The Kier molecular flexibility index (Phi) is 6.80. The average Bonchev–Trinajstić information content (AvgIpc) is 3.32. The monoisotopic (exact) mass is 419 g/mol. The van der Waals surface area contributed by atoms with Crippen molar-refractivity contribution in [2.75, 3.05) is 20.1 Å². The standard InChI is InChI=1S/C15H21N5O3S2.ClH/c1-16-25(22,23)13-4-3-12(24-13)11-18-14(21)15(5-8-17-9-6-15)20-10-2-7-19-20;/h2-4,7,10,16-17H,5-6,8-9,11H2,1H3,(H,18,21);1H. The molecule has 0 atom stereocenters. The predicted molar refractivity (Wildman–Crippen MR) is 102 cm³/mol. The molecule has 26 heavy (non-hydrogen) atoms. The molecule has 1 aliphatic rings. The number of hydrogen-bond acceptors (Lipinski definition) is 6. The Morgan fingerprint density at radius 1 is 1.38 bits per heavy atom. The van der Waals surface area contributed by atoms with E-state index in [1.807, 2.05) is 12.3 Å². The molecule has 0 aliphatic carbocycles. The van der Waals surface area contributed by atoms with E-state index in [1.165, 1.54) is 7.05 Å². The molecule has 1 aliphatic heterocycles. The van der Waals surface area contributed by atoms with E-state index in [4.69, 9.17) is 0 Å². The Morgan fingerprint density at radius 3 is 2.73 bits per heavy atom. The summed E-state index contributed by atoms with van der Waals surface area (Å²) >= 11 is 1.15. The van der Waals surface area contributed by atoms with Gasteiger partial charge in [0.15, 0.2) is 0 Å². The minimum atomic E-state index is -3.45. The molecular formula is C15H22ClN5O3S2. The maximum Gasteiger partial charge on any atom is 0.249 e. The molecule has 0 unspecified atom stereocenters. The third kappa shape index (κ3) is 4.09. The van der Waals surface area contributed by atoms with Crippen molar-refractivity contribution in [2.45, 2.75) is 29.1 Å². The predicted octanol–water partition coefficient (Wildman–Crippen LogP) is 0.670. The second kappa shape index (κ2) is 8.49. The highest BCUT2D eigenvalue weighted by atomic mass is 35.5. The van der Waals surface area contributed by atoms with Crippen LogP contribution in [0.4, 0.5) is 0 Å². The molecule has 11 heteroatoms. The van der Waals surface area contributed by atoms with Gasteiger partial charge in [-0.3, -0.25) is 9.48 Å². The summed E-state index contributed by atoms with van der Waals surface area (Å²) in [4.78, 5) is 13.7. The summed E-state index contributed by atoms with van der Waals surface area (Å²) in [7, 11) is -2.07. The van der Waals surface area contributed by atoms with Crippen molar-refractivity contribution < 1.29 is 13.2 Å². The third-order valence-electron chi connectivity index (χ3n) is 4.39. The van der Waals surface area contributed by atoms with Crippen molar-refractivity contribution in [1.82, 2.24) is 25.1 Å². The van der Waals surface area contributed by atoms with Gasteiger partial charge in [0.1, 0.15) is 9.75 Å². The number of hydrogen-bond donors (Lipinski definition) is 3. The molecule has 144 valence electrons. The lowest BCUT2D eigenvalue weighted by Gasteiger charge is -2.36. The molecule has 1 fully saturated rings. The summed E-state index contributed by atoms with van der Waals surface area (Å²) in [6.07, 6.45) is 4.80. The van der Waals surface area contributed by atoms with Crippen LogP contribution in [-0.2, 0) is 26.9 Å². The van der Waals surface area contributed by atoms with E-state index < -0.39 is 15.6 Å². The Balaban J connectivity index is 0.00000243. The minimum Gasteiger partial charge on any atom is -0.349 e. The van der Waals surface area contributed by atoms with Crippen LogP contribution in [-0.4, -0.2) is 44.2 Å². The van der Waals surface area contributed by atoms with Crippen LogP contribution in [0.3, 0.4) is 0 Å². The molecule has 0 spiro atoms. The zero-order valence-corrected chi connectivity index (χ0v) is 16.7. The van der Waals surface area contributed by atoms with Crippen LogP contribution in [0.5, 0.6) is 0 Å². The Labute approximate surface area is 162 Å². The highest BCUT2D eigenvalue weighted by Gasteiger charge is 2.41. The van der Waals surface area contributed by atoms with Gasteiger partial charge in [0.05, 0.1) is 6.54 Å². The van der Waals surface area contributed by atoms with Crippen molar-refractivity contribution in [3.05, 3.63) is 35.5 Å². The molecule has 0 bridgehead atoms. The summed E-state index contributed by atoms with van der Waals surface area (Å²) in [5.41, 5.74) is -0.702. The summed E-state index contributed by atoms with van der Waals surface area (Å²) < 4.78 is 27.9. The van der Waals surface area contributed by atoms with Crippen LogP contribution in [0.1, 0.15) is 17.7 Å².